The highest BCUT2D eigenvalue weighted by atomic mass is 16.5. The summed E-state index contributed by atoms with van der Waals surface area (Å²) in [5.74, 6) is 0.755. The largest absolute Gasteiger partial charge is 0.497 e. The van der Waals surface area contributed by atoms with Gasteiger partial charge in [0.15, 0.2) is 0 Å². The molecule has 0 spiro atoms. The number of carbonyl (C=O) groups is 1. The van der Waals surface area contributed by atoms with Crippen LogP contribution < -0.4 is 9.64 Å². The van der Waals surface area contributed by atoms with Crippen LogP contribution in [-0.4, -0.2) is 49.1 Å². The van der Waals surface area contributed by atoms with Gasteiger partial charge in [0.1, 0.15) is 5.75 Å². The van der Waals surface area contributed by atoms with Crippen LogP contribution in [0.1, 0.15) is 10.4 Å². The molecule has 5 rings (SSSR count). The molecule has 2 heterocycles. The minimum Gasteiger partial charge on any atom is -0.497 e. The molecule has 0 bridgehead atoms. The molecule has 32 heavy (non-hydrogen) atoms. The van der Waals surface area contributed by atoms with Crippen LogP contribution in [-0.2, 0) is 0 Å². The molecular formula is C27H25N3O2. The van der Waals surface area contributed by atoms with Gasteiger partial charge in [0, 0.05) is 42.8 Å². The lowest BCUT2D eigenvalue weighted by Crippen LogP contribution is -2.48. The topological polar surface area (TPSA) is 45.7 Å². The zero-order valence-corrected chi connectivity index (χ0v) is 18.1. The molecular weight excluding hydrogens is 398 g/mol. The maximum atomic E-state index is 13.7. The highest BCUT2D eigenvalue weighted by Crippen LogP contribution is 2.29. The van der Waals surface area contributed by atoms with Crippen LogP contribution >= 0.6 is 0 Å². The molecule has 0 radical (unpaired) electrons. The van der Waals surface area contributed by atoms with E-state index in [-0.39, 0.29) is 5.91 Å². The number of pyridine rings is 1. The normalized spacial score (nSPS) is 13.9. The number of hydrogen-bond acceptors (Lipinski definition) is 4. The number of methoxy groups -OCH3 is 1. The SMILES string of the molecule is COc1ccc2nc(-c3ccccc3)cc(C(=O)N3CCN(c4ccccc4)CC3)c2c1. The van der Waals surface area contributed by atoms with Crippen molar-refractivity contribution in [1.29, 1.82) is 0 Å². The number of para-hydroxylation sites is 1. The van der Waals surface area contributed by atoms with Gasteiger partial charge in [-0.2, -0.15) is 0 Å². The molecule has 1 aliphatic heterocycles. The van der Waals surface area contributed by atoms with Crippen molar-refractivity contribution < 1.29 is 9.53 Å². The molecule has 1 amide bonds. The minimum atomic E-state index is 0.0375. The smallest absolute Gasteiger partial charge is 0.254 e. The molecule has 5 nitrogen and oxygen atoms in total. The minimum absolute atomic E-state index is 0.0375. The number of amides is 1. The fourth-order valence-electron chi connectivity index (χ4n) is 4.24. The first kappa shape index (κ1) is 20.1. The number of carbonyl (C=O) groups excluding carboxylic acids is 1. The summed E-state index contributed by atoms with van der Waals surface area (Å²) in [5, 5.41) is 0.819. The Kier molecular flexibility index (Phi) is 5.46. The lowest BCUT2D eigenvalue weighted by Gasteiger charge is -2.36. The van der Waals surface area contributed by atoms with Crippen LogP contribution in [0.25, 0.3) is 22.2 Å². The average molecular weight is 424 g/mol. The van der Waals surface area contributed by atoms with Crippen LogP contribution in [0.15, 0.2) is 84.9 Å². The molecule has 1 aliphatic rings. The number of fused-ring (bicyclic) bond motifs is 1. The van der Waals surface area contributed by atoms with Gasteiger partial charge in [-0.3, -0.25) is 4.79 Å². The highest BCUT2D eigenvalue weighted by molar-refractivity contribution is 6.07. The summed E-state index contributed by atoms with van der Waals surface area (Å²) in [6.45, 7) is 2.99. The summed E-state index contributed by atoms with van der Waals surface area (Å²) in [6, 6.07) is 28.0. The molecule has 1 aromatic heterocycles. The standard InChI is InChI=1S/C27H25N3O2/c1-32-22-12-13-25-23(18-22)24(19-26(28-25)20-8-4-2-5-9-20)27(31)30-16-14-29(15-17-30)21-10-6-3-7-11-21/h2-13,18-19H,14-17H2,1H3. The quantitative estimate of drug-likeness (QED) is 0.470. The molecule has 0 saturated carbocycles. The second kappa shape index (κ2) is 8.71. The summed E-state index contributed by atoms with van der Waals surface area (Å²) >= 11 is 0. The van der Waals surface area contributed by atoms with Gasteiger partial charge in [-0.05, 0) is 36.4 Å². The molecule has 160 valence electrons. The summed E-state index contributed by atoms with van der Waals surface area (Å²) in [4.78, 5) is 22.8. The van der Waals surface area contributed by atoms with E-state index in [9.17, 15) is 4.79 Å². The van der Waals surface area contributed by atoms with E-state index in [2.05, 4.69) is 29.2 Å². The third-order valence-corrected chi connectivity index (χ3v) is 6.00. The van der Waals surface area contributed by atoms with Crippen molar-refractivity contribution in [3.8, 4) is 17.0 Å². The number of aromatic nitrogens is 1. The molecule has 0 aliphatic carbocycles. The van der Waals surface area contributed by atoms with Crippen LogP contribution in [0.5, 0.6) is 5.75 Å². The maximum absolute atomic E-state index is 13.7. The van der Waals surface area contributed by atoms with Crippen LogP contribution in [0.3, 0.4) is 0 Å². The lowest BCUT2D eigenvalue weighted by molar-refractivity contribution is 0.0748. The van der Waals surface area contributed by atoms with Gasteiger partial charge in [0.25, 0.3) is 5.91 Å². The van der Waals surface area contributed by atoms with Crippen molar-refractivity contribution in [2.24, 2.45) is 0 Å². The number of ether oxygens (including phenoxy) is 1. The number of benzene rings is 3. The molecule has 1 fully saturated rings. The van der Waals surface area contributed by atoms with Gasteiger partial charge in [-0.25, -0.2) is 4.98 Å². The highest BCUT2D eigenvalue weighted by Gasteiger charge is 2.24. The third kappa shape index (κ3) is 3.89. The number of piperazine rings is 1. The Labute approximate surface area is 187 Å². The summed E-state index contributed by atoms with van der Waals surface area (Å²) < 4.78 is 5.42. The van der Waals surface area contributed by atoms with E-state index < -0.39 is 0 Å². The molecule has 4 aromatic rings. The predicted octanol–water partition coefficient (Wildman–Crippen LogP) is 4.87. The second-order valence-corrected chi connectivity index (χ2v) is 7.92. The zero-order chi connectivity index (χ0) is 21.9. The van der Waals surface area contributed by atoms with E-state index in [1.54, 1.807) is 7.11 Å². The van der Waals surface area contributed by atoms with Gasteiger partial charge in [-0.15, -0.1) is 0 Å². The Morgan fingerprint density at radius 3 is 2.22 bits per heavy atom. The Hall–Kier alpha value is -3.86. The molecule has 1 saturated heterocycles. The Morgan fingerprint density at radius 2 is 1.53 bits per heavy atom. The van der Waals surface area contributed by atoms with Gasteiger partial charge in [-0.1, -0.05) is 48.5 Å². The maximum Gasteiger partial charge on any atom is 0.254 e. The van der Waals surface area contributed by atoms with Gasteiger partial charge >= 0.3 is 0 Å². The monoisotopic (exact) mass is 423 g/mol. The second-order valence-electron chi connectivity index (χ2n) is 7.92. The molecule has 0 atom stereocenters. The predicted molar refractivity (Wildman–Crippen MR) is 128 cm³/mol. The summed E-state index contributed by atoms with van der Waals surface area (Å²) in [5.41, 5.74) is 4.45. The van der Waals surface area contributed by atoms with Gasteiger partial charge < -0.3 is 14.5 Å². The van der Waals surface area contributed by atoms with Crippen LogP contribution in [0.2, 0.25) is 0 Å². The molecule has 0 N–H and O–H groups in total. The number of hydrogen-bond donors (Lipinski definition) is 0. The Balaban J connectivity index is 1.48. The van der Waals surface area contributed by atoms with Crippen molar-refractivity contribution >= 4 is 22.5 Å². The number of nitrogens with zero attached hydrogens (tertiary/aromatic N) is 3. The van der Waals surface area contributed by atoms with Crippen molar-refractivity contribution in [2.75, 3.05) is 38.2 Å². The van der Waals surface area contributed by atoms with Crippen molar-refractivity contribution in [1.82, 2.24) is 9.88 Å². The van der Waals surface area contributed by atoms with Crippen molar-refractivity contribution in [3.05, 3.63) is 90.5 Å². The first-order chi connectivity index (χ1) is 15.7. The third-order valence-electron chi connectivity index (χ3n) is 6.00. The molecule has 3 aromatic carbocycles. The fourth-order valence-corrected chi connectivity index (χ4v) is 4.24. The van der Waals surface area contributed by atoms with Crippen molar-refractivity contribution in [3.63, 3.8) is 0 Å². The Bertz CT molecular complexity index is 1230. The summed E-state index contributed by atoms with van der Waals surface area (Å²) in [6.07, 6.45) is 0. The Morgan fingerprint density at radius 1 is 0.844 bits per heavy atom. The zero-order valence-electron chi connectivity index (χ0n) is 18.1. The van der Waals surface area contributed by atoms with Gasteiger partial charge in [0.2, 0.25) is 0 Å². The van der Waals surface area contributed by atoms with Gasteiger partial charge in [0.05, 0.1) is 23.9 Å². The molecule has 5 heteroatoms. The van der Waals surface area contributed by atoms with E-state index in [1.807, 2.05) is 65.6 Å². The van der Waals surface area contributed by atoms with E-state index in [4.69, 9.17) is 9.72 Å². The fraction of sp³-hybridized carbons (Fsp3) is 0.185. The lowest BCUT2D eigenvalue weighted by atomic mass is 10.0. The van der Waals surface area contributed by atoms with E-state index in [0.29, 0.717) is 18.7 Å². The number of rotatable bonds is 4. The average Bonchev–Trinajstić information content (AvgIpc) is 2.88. The van der Waals surface area contributed by atoms with E-state index in [0.717, 1.165) is 41.0 Å². The van der Waals surface area contributed by atoms with Crippen LogP contribution in [0, 0.1) is 0 Å². The summed E-state index contributed by atoms with van der Waals surface area (Å²) in [7, 11) is 1.64. The molecule has 0 unspecified atom stereocenters. The number of anilines is 1. The first-order valence-electron chi connectivity index (χ1n) is 10.9. The van der Waals surface area contributed by atoms with Crippen molar-refractivity contribution in [2.45, 2.75) is 0 Å². The van der Waals surface area contributed by atoms with Crippen LogP contribution in [0.4, 0.5) is 5.69 Å². The van der Waals surface area contributed by atoms with E-state index >= 15 is 0 Å². The first-order valence-corrected chi connectivity index (χ1v) is 10.9. The van der Waals surface area contributed by atoms with E-state index in [1.165, 1.54) is 5.69 Å².